The van der Waals surface area contributed by atoms with Crippen LogP contribution in [-0.4, -0.2) is 6.04 Å². The van der Waals surface area contributed by atoms with Crippen LogP contribution in [0.3, 0.4) is 0 Å². The van der Waals surface area contributed by atoms with Crippen LogP contribution in [0.1, 0.15) is 24.8 Å². The molecule has 1 aliphatic rings. The van der Waals surface area contributed by atoms with Crippen molar-refractivity contribution in [2.24, 2.45) is 11.7 Å². The fourth-order valence-electron chi connectivity index (χ4n) is 1.92. The molecule has 2 rings (SSSR count). The van der Waals surface area contributed by atoms with E-state index in [0.717, 1.165) is 12.3 Å². The molecular formula is C12H20NP. The normalized spacial score (nSPS) is 18.1. The molecule has 1 unspecified atom stereocenters. The minimum atomic E-state index is 0. The maximum Gasteiger partial charge on any atom is 0.0108 e. The van der Waals surface area contributed by atoms with Gasteiger partial charge in [0, 0.05) is 6.04 Å². The Labute approximate surface area is 89.7 Å². The number of rotatable bonds is 3. The Balaban J connectivity index is 0.000000980. The minimum Gasteiger partial charge on any atom is -0.327 e. The Bertz CT molecular complexity index is 256. The molecule has 1 aliphatic carbocycles. The smallest absolute Gasteiger partial charge is 0.0108 e. The summed E-state index contributed by atoms with van der Waals surface area (Å²) in [6.07, 6.45) is 5.11. The van der Waals surface area contributed by atoms with Gasteiger partial charge in [-0.05, 0) is 30.7 Å². The standard InChI is InChI=1S/C12H17N.H3P/c13-12(11-7-4-8-11)9-10-5-2-1-3-6-10;/h1-3,5-6,11-12H,4,7-9,13H2;1H3/t12-;/m0./s1. The predicted molar refractivity (Wildman–Crippen MR) is 66.6 cm³/mol. The van der Waals surface area contributed by atoms with Crippen molar-refractivity contribution in [3.63, 3.8) is 0 Å². The Morgan fingerprint density at radius 2 is 1.86 bits per heavy atom. The topological polar surface area (TPSA) is 26.0 Å². The highest BCUT2D eigenvalue weighted by Crippen LogP contribution is 2.29. The highest BCUT2D eigenvalue weighted by molar-refractivity contribution is 6.92. The third-order valence-electron chi connectivity index (χ3n) is 3.07. The lowest BCUT2D eigenvalue weighted by atomic mass is 9.78. The third-order valence-corrected chi connectivity index (χ3v) is 3.07. The zero-order valence-corrected chi connectivity index (χ0v) is 10.1. The lowest BCUT2D eigenvalue weighted by molar-refractivity contribution is 0.260. The van der Waals surface area contributed by atoms with Crippen LogP contribution in [-0.2, 0) is 6.42 Å². The lowest BCUT2D eigenvalue weighted by Gasteiger charge is -2.31. The summed E-state index contributed by atoms with van der Waals surface area (Å²) < 4.78 is 0. The van der Waals surface area contributed by atoms with Crippen LogP contribution in [0.2, 0.25) is 0 Å². The van der Waals surface area contributed by atoms with Crippen molar-refractivity contribution in [3.8, 4) is 0 Å². The third kappa shape index (κ3) is 2.80. The molecule has 14 heavy (non-hydrogen) atoms. The monoisotopic (exact) mass is 209 g/mol. The summed E-state index contributed by atoms with van der Waals surface area (Å²) in [7, 11) is 0. The highest BCUT2D eigenvalue weighted by Gasteiger charge is 2.23. The van der Waals surface area contributed by atoms with E-state index in [-0.39, 0.29) is 9.90 Å². The summed E-state index contributed by atoms with van der Waals surface area (Å²) in [6.45, 7) is 0. The van der Waals surface area contributed by atoms with Crippen molar-refractivity contribution >= 4 is 9.90 Å². The van der Waals surface area contributed by atoms with E-state index in [1.165, 1.54) is 24.8 Å². The van der Waals surface area contributed by atoms with Crippen molar-refractivity contribution in [3.05, 3.63) is 35.9 Å². The Morgan fingerprint density at radius 1 is 1.21 bits per heavy atom. The Kier molecular flexibility index (Phi) is 4.57. The van der Waals surface area contributed by atoms with Gasteiger partial charge in [0.25, 0.3) is 0 Å². The Hall–Kier alpha value is -0.390. The van der Waals surface area contributed by atoms with Crippen LogP contribution < -0.4 is 5.73 Å². The van der Waals surface area contributed by atoms with E-state index in [9.17, 15) is 0 Å². The summed E-state index contributed by atoms with van der Waals surface area (Å²) in [5, 5.41) is 0. The number of hydrogen-bond acceptors (Lipinski definition) is 1. The fraction of sp³-hybridized carbons (Fsp3) is 0.500. The molecule has 1 fully saturated rings. The molecule has 2 atom stereocenters. The molecule has 0 spiro atoms. The van der Waals surface area contributed by atoms with E-state index in [4.69, 9.17) is 5.73 Å². The van der Waals surface area contributed by atoms with Crippen molar-refractivity contribution in [2.45, 2.75) is 31.7 Å². The molecule has 1 aromatic rings. The molecule has 1 nitrogen and oxygen atoms in total. The quantitative estimate of drug-likeness (QED) is 0.760. The van der Waals surface area contributed by atoms with Crippen LogP contribution in [0.5, 0.6) is 0 Å². The van der Waals surface area contributed by atoms with Crippen molar-refractivity contribution in [2.75, 3.05) is 0 Å². The second kappa shape index (κ2) is 5.48. The van der Waals surface area contributed by atoms with Crippen LogP contribution in [0.4, 0.5) is 0 Å². The maximum atomic E-state index is 6.11. The van der Waals surface area contributed by atoms with Crippen LogP contribution >= 0.6 is 9.90 Å². The SMILES string of the molecule is N[C@@H](Cc1ccccc1)C1CCC1.P. The van der Waals surface area contributed by atoms with Crippen LogP contribution in [0, 0.1) is 5.92 Å². The van der Waals surface area contributed by atoms with Crippen molar-refractivity contribution < 1.29 is 0 Å². The van der Waals surface area contributed by atoms with E-state index in [2.05, 4.69) is 30.3 Å². The zero-order valence-electron chi connectivity index (χ0n) is 8.65. The number of nitrogens with two attached hydrogens (primary N) is 1. The molecule has 2 heteroatoms. The molecule has 0 bridgehead atoms. The van der Waals surface area contributed by atoms with Gasteiger partial charge in [0.15, 0.2) is 0 Å². The van der Waals surface area contributed by atoms with Gasteiger partial charge in [-0.3, -0.25) is 0 Å². The van der Waals surface area contributed by atoms with E-state index in [0.29, 0.717) is 6.04 Å². The Morgan fingerprint density at radius 3 is 2.36 bits per heavy atom. The van der Waals surface area contributed by atoms with Crippen molar-refractivity contribution in [1.82, 2.24) is 0 Å². The van der Waals surface area contributed by atoms with Gasteiger partial charge in [-0.15, -0.1) is 0 Å². The van der Waals surface area contributed by atoms with Crippen LogP contribution in [0.15, 0.2) is 30.3 Å². The maximum absolute atomic E-state index is 6.11. The lowest BCUT2D eigenvalue weighted by Crippen LogP contribution is -2.36. The molecule has 0 heterocycles. The average molecular weight is 209 g/mol. The van der Waals surface area contributed by atoms with E-state index >= 15 is 0 Å². The second-order valence-electron chi connectivity index (χ2n) is 4.04. The summed E-state index contributed by atoms with van der Waals surface area (Å²) in [4.78, 5) is 0. The number of hydrogen-bond donors (Lipinski definition) is 1. The first-order chi connectivity index (χ1) is 6.36. The van der Waals surface area contributed by atoms with Gasteiger partial charge in [-0.25, -0.2) is 0 Å². The van der Waals surface area contributed by atoms with E-state index in [1.807, 2.05) is 0 Å². The van der Waals surface area contributed by atoms with Gasteiger partial charge in [0.2, 0.25) is 0 Å². The first kappa shape index (κ1) is 11.7. The first-order valence-electron chi connectivity index (χ1n) is 5.16. The number of benzene rings is 1. The second-order valence-corrected chi connectivity index (χ2v) is 4.04. The molecule has 1 saturated carbocycles. The molecule has 2 N–H and O–H groups in total. The highest BCUT2D eigenvalue weighted by atomic mass is 31.0. The molecule has 78 valence electrons. The largest absolute Gasteiger partial charge is 0.327 e. The molecule has 0 aromatic heterocycles. The first-order valence-corrected chi connectivity index (χ1v) is 5.16. The van der Waals surface area contributed by atoms with Gasteiger partial charge in [-0.2, -0.15) is 9.90 Å². The summed E-state index contributed by atoms with van der Waals surface area (Å²) >= 11 is 0. The summed E-state index contributed by atoms with van der Waals surface area (Å²) in [6, 6.07) is 10.9. The van der Waals surface area contributed by atoms with Crippen molar-refractivity contribution in [1.29, 1.82) is 0 Å². The predicted octanol–water partition coefficient (Wildman–Crippen LogP) is 2.41. The van der Waals surface area contributed by atoms with E-state index in [1.54, 1.807) is 0 Å². The molecule has 0 amide bonds. The summed E-state index contributed by atoms with van der Waals surface area (Å²) in [5.41, 5.74) is 7.49. The summed E-state index contributed by atoms with van der Waals surface area (Å²) in [5.74, 6) is 0.792. The zero-order chi connectivity index (χ0) is 9.10. The molecule has 0 radical (unpaired) electrons. The minimum absolute atomic E-state index is 0. The molecule has 0 aliphatic heterocycles. The van der Waals surface area contributed by atoms with Gasteiger partial charge >= 0.3 is 0 Å². The van der Waals surface area contributed by atoms with Gasteiger partial charge in [0.1, 0.15) is 0 Å². The van der Waals surface area contributed by atoms with Gasteiger partial charge in [0.05, 0.1) is 0 Å². The molecular weight excluding hydrogens is 189 g/mol. The van der Waals surface area contributed by atoms with Gasteiger partial charge in [-0.1, -0.05) is 36.8 Å². The molecule has 0 saturated heterocycles. The van der Waals surface area contributed by atoms with E-state index < -0.39 is 0 Å². The van der Waals surface area contributed by atoms with Crippen LogP contribution in [0.25, 0.3) is 0 Å². The average Bonchev–Trinajstić information content (AvgIpc) is 2.02. The van der Waals surface area contributed by atoms with Gasteiger partial charge < -0.3 is 5.73 Å². The fourth-order valence-corrected chi connectivity index (χ4v) is 1.92. The molecule has 1 aromatic carbocycles.